The van der Waals surface area contributed by atoms with Crippen LogP contribution in [-0.4, -0.2) is 24.2 Å². The highest BCUT2D eigenvalue weighted by Crippen LogP contribution is 2.48. The molecule has 1 aliphatic carbocycles. The number of amides is 1. The van der Waals surface area contributed by atoms with Crippen LogP contribution in [0, 0.1) is 0 Å². The van der Waals surface area contributed by atoms with Crippen LogP contribution in [0.25, 0.3) is 0 Å². The minimum atomic E-state index is -0.330. The molecule has 1 atom stereocenters. The van der Waals surface area contributed by atoms with E-state index in [2.05, 4.69) is 0 Å². The molecule has 0 radical (unpaired) electrons. The van der Waals surface area contributed by atoms with E-state index in [1.54, 1.807) is 18.1 Å². The Labute approximate surface area is 181 Å². The number of phenolic OH excluding ortho intramolecular Hbond substituents is 1. The molecule has 3 aromatic carbocycles. The van der Waals surface area contributed by atoms with Gasteiger partial charge in [0.15, 0.2) is 11.5 Å². The van der Waals surface area contributed by atoms with E-state index in [1.165, 1.54) is 6.07 Å². The maximum absolute atomic E-state index is 13.5. The molecule has 1 aliphatic heterocycles. The number of phenols is 1. The molecule has 158 valence electrons. The highest BCUT2D eigenvalue weighted by Gasteiger charge is 2.40. The standard InChI is InChI=1S/C26H25NO4/c1-30-23-16-22(28)21(15-24(23)31-18-11-5-6-12-18)27-25(17-9-3-2-4-10-17)19-13-7-8-14-20(19)26(27)29/h2-4,7-10,13-16,18,25,28H,5-6,11-12H2,1H3. The molecule has 5 rings (SSSR count). The topological polar surface area (TPSA) is 59.0 Å². The maximum Gasteiger partial charge on any atom is 0.259 e. The van der Waals surface area contributed by atoms with Crippen molar-refractivity contribution in [2.75, 3.05) is 12.0 Å². The SMILES string of the molecule is COc1cc(O)c(N2C(=O)c3ccccc3C2c2ccccc2)cc1OC1CCCC1. The summed E-state index contributed by atoms with van der Waals surface area (Å²) in [6.45, 7) is 0. The highest BCUT2D eigenvalue weighted by atomic mass is 16.5. The average Bonchev–Trinajstić information content (AvgIpc) is 3.41. The molecule has 1 amide bonds. The molecule has 0 aromatic heterocycles. The lowest BCUT2D eigenvalue weighted by Gasteiger charge is -2.28. The summed E-state index contributed by atoms with van der Waals surface area (Å²) in [5, 5.41) is 10.9. The molecule has 1 fully saturated rings. The van der Waals surface area contributed by atoms with Crippen molar-refractivity contribution in [3.05, 3.63) is 83.4 Å². The Hall–Kier alpha value is -3.47. The fourth-order valence-electron chi connectivity index (χ4n) is 4.70. The minimum absolute atomic E-state index is 0.0160. The second-order valence-corrected chi connectivity index (χ2v) is 8.09. The minimum Gasteiger partial charge on any atom is -0.506 e. The third-order valence-electron chi connectivity index (χ3n) is 6.19. The third kappa shape index (κ3) is 3.40. The van der Waals surface area contributed by atoms with E-state index < -0.39 is 0 Å². The summed E-state index contributed by atoms with van der Waals surface area (Å²) in [6, 6.07) is 20.4. The smallest absolute Gasteiger partial charge is 0.259 e. The van der Waals surface area contributed by atoms with Gasteiger partial charge in [-0.05, 0) is 42.9 Å². The number of carbonyl (C=O) groups excluding carboxylic acids is 1. The number of ether oxygens (including phenoxy) is 2. The first-order chi connectivity index (χ1) is 15.2. The van der Waals surface area contributed by atoms with Crippen molar-refractivity contribution in [3.8, 4) is 17.2 Å². The van der Waals surface area contributed by atoms with Gasteiger partial charge in [0.05, 0.1) is 24.9 Å². The number of rotatable bonds is 5. The largest absolute Gasteiger partial charge is 0.506 e. The monoisotopic (exact) mass is 415 g/mol. The van der Waals surface area contributed by atoms with Crippen molar-refractivity contribution in [2.45, 2.75) is 37.8 Å². The number of hydrogen-bond acceptors (Lipinski definition) is 4. The van der Waals surface area contributed by atoms with E-state index in [0.29, 0.717) is 22.7 Å². The Bertz CT molecular complexity index is 1110. The van der Waals surface area contributed by atoms with E-state index in [1.807, 2.05) is 54.6 Å². The van der Waals surface area contributed by atoms with Crippen molar-refractivity contribution < 1.29 is 19.4 Å². The first-order valence-electron chi connectivity index (χ1n) is 10.7. The number of anilines is 1. The average molecular weight is 415 g/mol. The van der Waals surface area contributed by atoms with Crippen LogP contribution in [0.4, 0.5) is 5.69 Å². The number of carbonyl (C=O) groups is 1. The zero-order chi connectivity index (χ0) is 21.4. The molecule has 1 heterocycles. The van der Waals surface area contributed by atoms with Crippen molar-refractivity contribution in [1.82, 2.24) is 0 Å². The van der Waals surface area contributed by atoms with Crippen LogP contribution in [0.1, 0.15) is 53.2 Å². The van der Waals surface area contributed by atoms with Crippen molar-refractivity contribution in [2.24, 2.45) is 0 Å². The molecule has 0 saturated heterocycles. The lowest BCUT2D eigenvalue weighted by Crippen LogP contribution is -2.28. The van der Waals surface area contributed by atoms with Crippen LogP contribution in [0.3, 0.4) is 0 Å². The van der Waals surface area contributed by atoms with Crippen molar-refractivity contribution in [3.63, 3.8) is 0 Å². The van der Waals surface area contributed by atoms with Gasteiger partial charge in [-0.3, -0.25) is 9.69 Å². The van der Waals surface area contributed by atoms with E-state index >= 15 is 0 Å². The fourth-order valence-corrected chi connectivity index (χ4v) is 4.70. The lowest BCUT2D eigenvalue weighted by atomic mass is 9.98. The van der Waals surface area contributed by atoms with Gasteiger partial charge in [0.25, 0.3) is 5.91 Å². The van der Waals surface area contributed by atoms with E-state index in [-0.39, 0.29) is 23.8 Å². The van der Waals surface area contributed by atoms with Crippen molar-refractivity contribution >= 4 is 11.6 Å². The normalized spacial score (nSPS) is 18.3. The number of nitrogens with zero attached hydrogens (tertiary/aromatic N) is 1. The molecule has 1 unspecified atom stereocenters. The van der Waals surface area contributed by atoms with Gasteiger partial charge >= 0.3 is 0 Å². The molecule has 0 bridgehead atoms. The Kier molecular flexibility index (Phi) is 5.02. The molecule has 1 N–H and O–H groups in total. The fraction of sp³-hybridized carbons (Fsp3) is 0.269. The molecule has 5 heteroatoms. The summed E-state index contributed by atoms with van der Waals surface area (Å²) in [4.78, 5) is 15.1. The van der Waals surface area contributed by atoms with Gasteiger partial charge in [0.1, 0.15) is 5.75 Å². The van der Waals surface area contributed by atoms with E-state index in [9.17, 15) is 9.90 Å². The number of aromatic hydroxyl groups is 1. The second kappa shape index (κ2) is 7.99. The molecule has 0 spiro atoms. The molecular formula is C26H25NO4. The van der Waals surface area contributed by atoms with E-state index in [4.69, 9.17) is 9.47 Å². The van der Waals surface area contributed by atoms with Gasteiger partial charge in [-0.2, -0.15) is 0 Å². The van der Waals surface area contributed by atoms with Crippen molar-refractivity contribution in [1.29, 1.82) is 0 Å². The maximum atomic E-state index is 13.5. The van der Waals surface area contributed by atoms with Gasteiger partial charge in [0.2, 0.25) is 0 Å². The molecule has 3 aromatic rings. The summed E-state index contributed by atoms with van der Waals surface area (Å²) in [7, 11) is 1.56. The Morgan fingerprint density at radius 3 is 2.39 bits per heavy atom. The van der Waals surface area contributed by atoms with Crippen LogP contribution in [-0.2, 0) is 0 Å². The second-order valence-electron chi connectivity index (χ2n) is 8.09. The number of hydrogen-bond donors (Lipinski definition) is 1. The summed E-state index contributed by atoms with van der Waals surface area (Å²) in [5.41, 5.74) is 2.97. The van der Waals surface area contributed by atoms with Gasteiger partial charge in [-0.15, -0.1) is 0 Å². The molecule has 31 heavy (non-hydrogen) atoms. The summed E-state index contributed by atoms with van der Waals surface area (Å²) >= 11 is 0. The predicted octanol–water partition coefficient (Wildman–Crippen LogP) is 5.47. The third-order valence-corrected chi connectivity index (χ3v) is 6.19. The van der Waals surface area contributed by atoms with Gasteiger partial charge in [-0.1, -0.05) is 48.5 Å². The molecular weight excluding hydrogens is 390 g/mol. The molecule has 2 aliphatic rings. The first kappa shape index (κ1) is 19.5. The van der Waals surface area contributed by atoms with Crippen LogP contribution in [0.5, 0.6) is 17.2 Å². The summed E-state index contributed by atoms with van der Waals surface area (Å²) in [6.07, 6.45) is 4.42. The van der Waals surface area contributed by atoms with Crippen LogP contribution >= 0.6 is 0 Å². The quantitative estimate of drug-likeness (QED) is 0.600. The molecule has 1 saturated carbocycles. The predicted molar refractivity (Wildman–Crippen MR) is 119 cm³/mol. The van der Waals surface area contributed by atoms with Gasteiger partial charge in [-0.25, -0.2) is 0 Å². The Morgan fingerprint density at radius 1 is 0.935 bits per heavy atom. The highest BCUT2D eigenvalue weighted by molar-refractivity contribution is 6.12. The zero-order valence-electron chi connectivity index (χ0n) is 17.5. The first-order valence-corrected chi connectivity index (χ1v) is 10.7. The number of methoxy groups -OCH3 is 1. The van der Waals surface area contributed by atoms with Crippen LogP contribution in [0.15, 0.2) is 66.7 Å². The van der Waals surface area contributed by atoms with Gasteiger partial charge in [0, 0.05) is 17.7 Å². The number of benzene rings is 3. The summed E-state index contributed by atoms with van der Waals surface area (Å²) < 4.78 is 11.7. The Morgan fingerprint density at radius 2 is 1.65 bits per heavy atom. The van der Waals surface area contributed by atoms with Gasteiger partial charge < -0.3 is 14.6 Å². The van der Waals surface area contributed by atoms with Crippen LogP contribution < -0.4 is 14.4 Å². The molecule has 5 nitrogen and oxygen atoms in total. The zero-order valence-corrected chi connectivity index (χ0v) is 17.5. The van der Waals surface area contributed by atoms with Crippen LogP contribution in [0.2, 0.25) is 0 Å². The lowest BCUT2D eigenvalue weighted by molar-refractivity contribution is 0.0992. The number of fused-ring (bicyclic) bond motifs is 1. The Balaban J connectivity index is 1.63. The van der Waals surface area contributed by atoms with E-state index in [0.717, 1.165) is 36.8 Å². The summed E-state index contributed by atoms with van der Waals surface area (Å²) in [5.74, 6) is 0.862.